The van der Waals surface area contributed by atoms with Gasteiger partial charge in [-0.05, 0) is 24.3 Å². The van der Waals surface area contributed by atoms with Gasteiger partial charge in [0.25, 0.3) is 0 Å². The lowest BCUT2D eigenvalue weighted by Crippen LogP contribution is -2.02. The van der Waals surface area contributed by atoms with Crippen LogP contribution in [0, 0.1) is 5.82 Å². The van der Waals surface area contributed by atoms with Gasteiger partial charge < -0.3 is 4.74 Å². The average Bonchev–Trinajstić information content (AvgIpc) is 2.15. The summed E-state index contributed by atoms with van der Waals surface area (Å²) in [6.07, 6.45) is 0. The van der Waals surface area contributed by atoms with Crippen molar-refractivity contribution in [3.05, 3.63) is 30.1 Å². The van der Waals surface area contributed by atoms with Crippen molar-refractivity contribution in [2.24, 2.45) is 0 Å². The smallest absolute Gasteiger partial charge is 0.302 e. The van der Waals surface area contributed by atoms with E-state index in [4.69, 9.17) is 4.74 Å². The zero-order valence-electron chi connectivity index (χ0n) is 7.83. The maximum Gasteiger partial charge on any atom is 0.302 e. The molecule has 2 nitrogen and oxygen atoms in total. The van der Waals surface area contributed by atoms with Gasteiger partial charge >= 0.3 is 5.97 Å². The predicted molar refractivity (Wildman–Crippen MR) is 53.8 cm³/mol. The first-order valence-corrected chi connectivity index (χ1v) is 5.19. The van der Waals surface area contributed by atoms with Gasteiger partial charge in [-0.1, -0.05) is 0 Å². The quantitative estimate of drug-likeness (QED) is 0.437. The Morgan fingerprint density at radius 1 is 1.43 bits per heavy atom. The monoisotopic (exact) mass is 214 g/mol. The lowest BCUT2D eigenvalue weighted by atomic mass is 10.4. The lowest BCUT2D eigenvalue weighted by molar-refractivity contribution is -0.140. The minimum Gasteiger partial charge on any atom is -0.465 e. The summed E-state index contributed by atoms with van der Waals surface area (Å²) < 4.78 is 17.3. The van der Waals surface area contributed by atoms with Crippen LogP contribution in [-0.2, 0) is 9.53 Å². The van der Waals surface area contributed by atoms with Crippen LogP contribution < -0.4 is 0 Å². The van der Waals surface area contributed by atoms with Gasteiger partial charge in [0.2, 0.25) is 0 Å². The molecule has 0 aliphatic carbocycles. The van der Waals surface area contributed by atoms with Crippen LogP contribution in [0.15, 0.2) is 29.2 Å². The van der Waals surface area contributed by atoms with Crippen molar-refractivity contribution in [2.75, 3.05) is 12.4 Å². The molecule has 0 atom stereocenters. The fourth-order valence-corrected chi connectivity index (χ4v) is 1.61. The lowest BCUT2D eigenvalue weighted by Gasteiger charge is -2.01. The Hall–Kier alpha value is -1.03. The minimum absolute atomic E-state index is 0.241. The van der Waals surface area contributed by atoms with Crippen molar-refractivity contribution >= 4 is 17.7 Å². The van der Waals surface area contributed by atoms with Crippen LogP contribution in [0.1, 0.15) is 6.92 Å². The Balaban J connectivity index is 2.25. The number of esters is 1. The first-order valence-electron chi connectivity index (χ1n) is 4.20. The van der Waals surface area contributed by atoms with Crippen molar-refractivity contribution in [1.82, 2.24) is 0 Å². The molecule has 14 heavy (non-hydrogen) atoms. The second-order valence-electron chi connectivity index (χ2n) is 2.64. The molecule has 0 fully saturated rings. The van der Waals surface area contributed by atoms with Gasteiger partial charge in [0.15, 0.2) is 0 Å². The van der Waals surface area contributed by atoms with Crippen molar-refractivity contribution in [1.29, 1.82) is 0 Å². The van der Waals surface area contributed by atoms with Gasteiger partial charge in [-0.2, -0.15) is 0 Å². The highest BCUT2D eigenvalue weighted by atomic mass is 32.2. The SMILES string of the molecule is CC(=O)OCCSc1ccc(F)cc1. The third kappa shape index (κ3) is 4.28. The number of hydrogen-bond acceptors (Lipinski definition) is 3. The Kier molecular flexibility index (Phi) is 4.46. The maximum atomic E-state index is 12.5. The van der Waals surface area contributed by atoms with Gasteiger partial charge in [-0.25, -0.2) is 4.39 Å². The van der Waals surface area contributed by atoms with E-state index in [2.05, 4.69) is 0 Å². The Morgan fingerprint density at radius 2 is 2.07 bits per heavy atom. The molecule has 0 aromatic heterocycles. The summed E-state index contributed by atoms with van der Waals surface area (Å²) in [4.78, 5) is 11.4. The number of halogens is 1. The molecule has 0 N–H and O–H groups in total. The molecular weight excluding hydrogens is 203 g/mol. The van der Waals surface area contributed by atoms with E-state index in [1.807, 2.05) is 0 Å². The summed E-state index contributed by atoms with van der Waals surface area (Å²) in [6.45, 7) is 1.76. The number of carbonyl (C=O) groups is 1. The fourth-order valence-electron chi connectivity index (χ4n) is 0.876. The van der Waals surface area contributed by atoms with Crippen LogP contribution in [0.25, 0.3) is 0 Å². The molecule has 4 heteroatoms. The Bertz CT molecular complexity index is 297. The number of carbonyl (C=O) groups excluding carboxylic acids is 1. The zero-order valence-corrected chi connectivity index (χ0v) is 8.64. The zero-order chi connectivity index (χ0) is 10.4. The molecule has 1 aromatic rings. The molecule has 76 valence electrons. The predicted octanol–water partition coefficient (Wildman–Crippen LogP) is 2.48. The molecule has 0 radical (unpaired) electrons. The van der Waals surface area contributed by atoms with Crippen molar-refractivity contribution in [3.63, 3.8) is 0 Å². The van der Waals surface area contributed by atoms with Crippen molar-refractivity contribution in [3.8, 4) is 0 Å². The second-order valence-corrected chi connectivity index (χ2v) is 3.81. The van der Waals surface area contributed by atoms with Crippen molar-refractivity contribution < 1.29 is 13.9 Å². The van der Waals surface area contributed by atoms with Crippen molar-refractivity contribution in [2.45, 2.75) is 11.8 Å². The highest BCUT2D eigenvalue weighted by Crippen LogP contribution is 2.17. The first kappa shape index (κ1) is 11.0. The van der Waals surface area contributed by atoms with Crippen LogP contribution in [-0.4, -0.2) is 18.3 Å². The van der Waals surface area contributed by atoms with Gasteiger partial charge in [0, 0.05) is 17.6 Å². The largest absolute Gasteiger partial charge is 0.465 e. The molecule has 0 saturated heterocycles. The number of ether oxygens (including phenoxy) is 1. The minimum atomic E-state index is -0.273. The first-order chi connectivity index (χ1) is 6.68. The molecular formula is C10H11FO2S. The molecule has 0 aliphatic heterocycles. The van der Waals surface area contributed by atoms with Gasteiger partial charge in [-0.3, -0.25) is 4.79 Å². The number of thioether (sulfide) groups is 1. The second kappa shape index (κ2) is 5.65. The maximum absolute atomic E-state index is 12.5. The van der Waals surface area contributed by atoms with Crippen LogP contribution in [0.3, 0.4) is 0 Å². The van der Waals surface area contributed by atoms with E-state index in [1.54, 1.807) is 12.1 Å². The third-order valence-corrected chi connectivity index (χ3v) is 2.45. The summed E-state index contributed by atoms with van der Waals surface area (Å²) >= 11 is 1.53. The molecule has 0 amide bonds. The fraction of sp³-hybridized carbons (Fsp3) is 0.300. The van der Waals surface area contributed by atoms with E-state index in [9.17, 15) is 9.18 Å². The Labute approximate surface area is 86.5 Å². The molecule has 0 bridgehead atoms. The third-order valence-electron chi connectivity index (χ3n) is 1.47. The van der Waals surface area contributed by atoms with E-state index in [1.165, 1.54) is 30.8 Å². The highest BCUT2D eigenvalue weighted by molar-refractivity contribution is 7.99. The summed E-state index contributed by atoms with van der Waals surface area (Å²) in [5.74, 6) is 0.171. The summed E-state index contributed by atoms with van der Waals surface area (Å²) in [5.41, 5.74) is 0. The number of benzene rings is 1. The molecule has 1 aromatic carbocycles. The summed E-state index contributed by atoms with van der Waals surface area (Å²) in [5, 5.41) is 0. The van der Waals surface area contributed by atoms with Gasteiger partial charge in [-0.15, -0.1) is 11.8 Å². The van der Waals surface area contributed by atoms with E-state index < -0.39 is 0 Å². The van der Waals surface area contributed by atoms with E-state index in [0.717, 1.165) is 4.90 Å². The highest BCUT2D eigenvalue weighted by Gasteiger charge is 1.96. The topological polar surface area (TPSA) is 26.3 Å². The van der Waals surface area contributed by atoms with Gasteiger partial charge in [0.05, 0.1) is 0 Å². The molecule has 0 spiro atoms. The molecule has 0 heterocycles. The van der Waals surface area contributed by atoms with Gasteiger partial charge in [0.1, 0.15) is 12.4 Å². The van der Waals surface area contributed by atoms with E-state index in [-0.39, 0.29) is 11.8 Å². The van der Waals surface area contributed by atoms with E-state index >= 15 is 0 Å². The average molecular weight is 214 g/mol. The van der Waals surface area contributed by atoms with Crippen LogP contribution >= 0.6 is 11.8 Å². The van der Waals surface area contributed by atoms with Crippen LogP contribution in [0.2, 0.25) is 0 Å². The van der Waals surface area contributed by atoms with Crippen LogP contribution in [0.5, 0.6) is 0 Å². The Morgan fingerprint density at radius 3 is 2.64 bits per heavy atom. The normalized spacial score (nSPS) is 9.86. The molecule has 0 saturated carbocycles. The molecule has 0 aliphatic rings. The van der Waals surface area contributed by atoms with Crippen LogP contribution in [0.4, 0.5) is 4.39 Å². The number of hydrogen-bond donors (Lipinski definition) is 0. The van der Waals surface area contributed by atoms with E-state index in [0.29, 0.717) is 12.4 Å². The number of rotatable bonds is 4. The summed E-state index contributed by atoms with van der Waals surface area (Å²) in [7, 11) is 0. The summed E-state index contributed by atoms with van der Waals surface area (Å²) in [6, 6.07) is 6.23. The molecule has 0 unspecified atom stereocenters. The molecule has 1 rings (SSSR count). The standard InChI is InChI=1S/C10H11FO2S/c1-8(12)13-6-7-14-10-4-2-9(11)3-5-10/h2-5H,6-7H2,1H3.